The van der Waals surface area contributed by atoms with Gasteiger partial charge < -0.3 is 14.5 Å². The molecule has 4 rings (SSSR count). The van der Waals surface area contributed by atoms with E-state index >= 15 is 0 Å². The van der Waals surface area contributed by atoms with Crippen molar-refractivity contribution in [3.05, 3.63) is 30.1 Å². The van der Waals surface area contributed by atoms with Gasteiger partial charge in [-0.1, -0.05) is 6.07 Å². The van der Waals surface area contributed by atoms with Gasteiger partial charge in [0.05, 0.1) is 12.1 Å². The lowest BCUT2D eigenvalue weighted by atomic mass is 10.1. The number of likely N-dealkylation sites (tertiary alicyclic amines) is 2. The Morgan fingerprint density at radius 2 is 2.26 bits per heavy atom. The van der Waals surface area contributed by atoms with Crippen LogP contribution >= 0.6 is 0 Å². The van der Waals surface area contributed by atoms with Crippen LogP contribution in [-0.2, 0) is 20.9 Å². The first kappa shape index (κ1) is 14.6. The number of aromatic nitrogens is 1. The van der Waals surface area contributed by atoms with Crippen LogP contribution in [0.3, 0.4) is 0 Å². The Labute approximate surface area is 135 Å². The first-order valence-electron chi connectivity index (χ1n) is 8.34. The predicted molar refractivity (Wildman–Crippen MR) is 82.3 cm³/mol. The maximum Gasteiger partial charge on any atom is 0.252 e. The lowest BCUT2D eigenvalue weighted by molar-refractivity contribution is -0.141. The standard InChI is InChI=1S/C17H21N3O3/c21-16-9-14-13(20(16)11-12-3-1-6-18-10-12)5-7-19(14)17(22)15-4-2-8-23-15/h1,3,6,10,13-15H,2,4-5,7-9,11H2/t13-,14+,15-/m1/s1. The third-order valence-electron chi connectivity index (χ3n) is 5.18. The second-order valence-electron chi connectivity index (χ2n) is 6.54. The smallest absolute Gasteiger partial charge is 0.252 e. The molecule has 0 saturated carbocycles. The second-order valence-corrected chi connectivity index (χ2v) is 6.54. The summed E-state index contributed by atoms with van der Waals surface area (Å²) in [5.41, 5.74) is 1.03. The van der Waals surface area contributed by atoms with Crippen LogP contribution in [0.4, 0.5) is 0 Å². The molecule has 0 radical (unpaired) electrons. The quantitative estimate of drug-likeness (QED) is 0.833. The SMILES string of the molecule is O=C1C[C@H]2[C@@H](CCN2C(=O)[C@H]2CCCO2)N1Cc1cccnc1. The fourth-order valence-corrected chi connectivity index (χ4v) is 4.05. The first-order valence-corrected chi connectivity index (χ1v) is 8.34. The summed E-state index contributed by atoms with van der Waals surface area (Å²) in [6, 6.07) is 4.01. The van der Waals surface area contributed by atoms with Crippen molar-refractivity contribution in [3.8, 4) is 0 Å². The third-order valence-corrected chi connectivity index (χ3v) is 5.18. The fourth-order valence-electron chi connectivity index (χ4n) is 4.05. The molecule has 3 saturated heterocycles. The van der Waals surface area contributed by atoms with Crippen molar-refractivity contribution in [2.24, 2.45) is 0 Å². The summed E-state index contributed by atoms with van der Waals surface area (Å²) in [5, 5.41) is 0. The summed E-state index contributed by atoms with van der Waals surface area (Å²) in [6.07, 6.45) is 6.28. The molecule has 0 N–H and O–H groups in total. The van der Waals surface area contributed by atoms with Crippen molar-refractivity contribution in [1.82, 2.24) is 14.8 Å². The predicted octanol–water partition coefficient (Wildman–Crippen LogP) is 0.962. The van der Waals surface area contributed by atoms with Crippen molar-refractivity contribution in [1.29, 1.82) is 0 Å². The minimum atomic E-state index is -0.295. The van der Waals surface area contributed by atoms with E-state index in [4.69, 9.17) is 4.74 Å². The minimum Gasteiger partial charge on any atom is -0.368 e. The number of rotatable bonds is 3. The number of fused-ring (bicyclic) bond motifs is 1. The summed E-state index contributed by atoms with van der Waals surface area (Å²) in [7, 11) is 0. The summed E-state index contributed by atoms with van der Waals surface area (Å²) >= 11 is 0. The van der Waals surface area contributed by atoms with E-state index in [1.807, 2.05) is 21.9 Å². The number of amides is 2. The number of nitrogens with zero attached hydrogens (tertiary/aromatic N) is 3. The summed E-state index contributed by atoms with van der Waals surface area (Å²) in [6.45, 7) is 1.98. The Hall–Kier alpha value is -1.95. The summed E-state index contributed by atoms with van der Waals surface area (Å²) < 4.78 is 5.53. The second kappa shape index (κ2) is 5.92. The van der Waals surface area contributed by atoms with Crippen LogP contribution in [0.25, 0.3) is 0 Å². The molecule has 0 aliphatic carbocycles. The van der Waals surface area contributed by atoms with E-state index in [-0.39, 0.29) is 30.0 Å². The van der Waals surface area contributed by atoms with Gasteiger partial charge >= 0.3 is 0 Å². The van der Waals surface area contributed by atoms with Gasteiger partial charge in [0.2, 0.25) is 5.91 Å². The van der Waals surface area contributed by atoms with Crippen LogP contribution in [0.1, 0.15) is 31.2 Å². The molecule has 1 aromatic heterocycles. The lowest BCUT2D eigenvalue weighted by Crippen LogP contribution is -2.44. The number of hydrogen-bond acceptors (Lipinski definition) is 4. The van der Waals surface area contributed by atoms with Gasteiger partial charge in [-0.2, -0.15) is 0 Å². The molecule has 3 fully saturated rings. The van der Waals surface area contributed by atoms with E-state index in [1.165, 1.54) is 0 Å². The largest absolute Gasteiger partial charge is 0.368 e. The summed E-state index contributed by atoms with van der Waals surface area (Å²) in [4.78, 5) is 33.0. The maximum absolute atomic E-state index is 12.6. The van der Waals surface area contributed by atoms with E-state index in [0.717, 1.165) is 31.4 Å². The van der Waals surface area contributed by atoms with Gasteiger partial charge in [-0.25, -0.2) is 0 Å². The Morgan fingerprint density at radius 3 is 3.00 bits per heavy atom. The van der Waals surface area contributed by atoms with E-state index in [1.54, 1.807) is 12.4 Å². The topological polar surface area (TPSA) is 62.7 Å². The monoisotopic (exact) mass is 315 g/mol. The molecule has 3 aliphatic heterocycles. The molecule has 6 heteroatoms. The van der Waals surface area contributed by atoms with E-state index < -0.39 is 0 Å². The number of carbonyl (C=O) groups excluding carboxylic acids is 2. The number of hydrogen-bond donors (Lipinski definition) is 0. The van der Waals surface area contributed by atoms with Gasteiger partial charge in [0.25, 0.3) is 5.91 Å². The molecule has 0 unspecified atom stereocenters. The highest BCUT2D eigenvalue weighted by Gasteiger charge is 2.49. The van der Waals surface area contributed by atoms with Crippen molar-refractivity contribution in [2.75, 3.05) is 13.2 Å². The van der Waals surface area contributed by atoms with Crippen LogP contribution < -0.4 is 0 Å². The molecule has 4 heterocycles. The fraction of sp³-hybridized carbons (Fsp3) is 0.588. The molecule has 23 heavy (non-hydrogen) atoms. The molecule has 0 spiro atoms. The zero-order valence-electron chi connectivity index (χ0n) is 13.1. The number of carbonyl (C=O) groups is 2. The minimum absolute atomic E-state index is 0.0101. The molecule has 1 aromatic rings. The van der Waals surface area contributed by atoms with Crippen molar-refractivity contribution >= 4 is 11.8 Å². The van der Waals surface area contributed by atoms with Crippen molar-refractivity contribution in [2.45, 2.75) is 50.4 Å². The van der Waals surface area contributed by atoms with Crippen LogP contribution in [0.5, 0.6) is 0 Å². The molecule has 2 amide bonds. The van der Waals surface area contributed by atoms with Gasteiger partial charge in [-0.3, -0.25) is 14.6 Å². The van der Waals surface area contributed by atoms with Crippen LogP contribution in [-0.4, -0.2) is 57.9 Å². The molecule has 6 nitrogen and oxygen atoms in total. The zero-order chi connectivity index (χ0) is 15.8. The van der Waals surface area contributed by atoms with Crippen LogP contribution in [0, 0.1) is 0 Å². The van der Waals surface area contributed by atoms with Gasteiger partial charge in [-0.15, -0.1) is 0 Å². The molecule has 0 bridgehead atoms. The van der Waals surface area contributed by atoms with E-state index in [2.05, 4.69) is 4.98 Å². The number of pyridine rings is 1. The molecule has 3 atom stereocenters. The molecule has 3 aliphatic rings. The summed E-state index contributed by atoms with van der Waals surface area (Å²) in [5.74, 6) is 0.208. The molecular formula is C17H21N3O3. The normalized spacial score (nSPS) is 30.1. The van der Waals surface area contributed by atoms with Crippen LogP contribution in [0.2, 0.25) is 0 Å². The molecular weight excluding hydrogens is 294 g/mol. The highest BCUT2D eigenvalue weighted by Crippen LogP contribution is 2.34. The van der Waals surface area contributed by atoms with Crippen LogP contribution in [0.15, 0.2) is 24.5 Å². The zero-order valence-corrected chi connectivity index (χ0v) is 13.1. The molecule has 0 aromatic carbocycles. The molecule has 122 valence electrons. The lowest BCUT2D eigenvalue weighted by Gasteiger charge is -2.27. The average Bonchev–Trinajstić information content (AvgIpc) is 3.27. The Morgan fingerprint density at radius 1 is 1.35 bits per heavy atom. The highest BCUT2D eigenvalue weighted by molar-refractivity contribution is 5.85. The average molecular weight is 315 g/mol. The third kappa shape index (κ3) is 2.61. The first-order chi connectivity index (χ1) is 11.2. The van der Waals surface area contributed by atoms with E-state index in [9.17, 15) is 9.59 Å². The Kier molecular flexibility index (Phi) is 3.77. The van der Waals surface area contributed by atoms with E-state index in [0.29, 0.717) is 19.6 Å². The van der Waals surface area contributed by atoms with Gasteiger partial charge in [-0.05, 0) is 30.9 Å². The maximum atomic E-state index is 12.6. The van der Waals surface area contributed by atoms with Crippen molar-refractivity contribution < 1.29 is 14.3 Å². The highest BCUT2D eigenvalue weighted by atomic mass is 16.5. The Balaban J connectivity index is 1.47. The van der Waals surface area contributed by atoms with Gasteiger partial charge in [0.15, 0.2) is 0 Å². The van der Waals surface area contributed by atoms with Crippen molar-refractivity contribution in [3.63, 3.8) is 0 Å². The Bertz CT molecular complexity index is 600. The number of ether oxygens (including phenoxy) is 1. The van der Waals surface area contributed by atoms with Gasteiger partial charge in [0, 0.05) is 38.5 Å². The van der Waals surface area contributed by atoms with Gasteiger partial charge in [0.1, 0.15) is 6.10 Å².